The van der Waals surface area contributed by atoms with Crippen molar-refractivity contribution in [2.75, 3.05) is 11.9 Å². The average molecular weight is 411 g/mol. The second-order valence-corrected chi connectivity index (χ2v) is 8.15. The van der Waals surface area contributed by atoms with Gasteiger partial charge in [0, 0.05) is 12.5 Å². The van der Waals surface area contributed by atoms with Gasteiger partial charge in [0.15, 0.2) is 0 Å². The number of aromatic nitrogens is 1. The summed E-state index contributed by atoms with van der Waals surface area (Å²) in [5, 5.41) is 11.7. The van der Waals surface area contributed by atoms with Crippen LogP contribution in [0, 0.1) is 0 Å². The molecule has 0 radical (unpaired) electrons. The summed E-state index contributed by atoms with van der Waals surface area (Å²) in [7, 11) is 0. The first-order valence-electron chi connectivity index (χ1n) is 9.70. The molecular weight excluding hydrogens is 386 g/mol. The van der Waals surface area contributed by atoms with E-state index in [1.807, 2.05) is 30.3 Å². The number of carbonyl (C=O) groups is 3. The second kappa shape index (κ2) is 8.52. The van der Waals surface area contributed by atoms with Gasteiger partial charge in [0.2, 0.25) is 5.91 Å². The van der Waals surface area contributed by atoms with Crippen LogP contribution in [0.25, 0.3) is 0 Å². The molecular formula is C22H25N3O5. The number of rotatable bonds is 4. The molecule has 1 unspecified atom stereocenters. The minimum atomic E-state index is -1.15. The Morgan fingerprint density at radius 3 is 2.40 bits per heavy atom. The number of carboxylic acid groups (broad SMARTS) is 1. The number of pyridine rings is 1. The van der Waals surface area contributed by atoms with Gasteiger partial charge in [0.25, 0.3) is 0 Å². The summed E-state index contributed by atoms with van der Waals surface area (Å²) < 4.78 is 5.51. The van der Waals surface area contributed by atoms with Gasteiger partial charge in [-0.15, -0.1) is 0 Å². The third-order valence-corrected chi connectivity index (χ3v) is 4.77. The van der Waals surface area contributed by atoms with Crippen LogP contribution < -0.4 is 5.32 Å². The van der Waals surface area contributed by atoms with E-state index in [0.717, 1.165) is 5.56 Å². The van der Waals surface area contributed by atoms with Gasteiger partial charge in [-0.2, -0.15) is 0 Å². The van der Waals surface area contributed by atoms with Gasteiger partial charge in [-0.05, 0) is 44.9 Å². The van der Waals surface area contributed by atoms with E-state index in [4.69, 9.17) is 9.84 Å². The molecule has 8 heteroatoms. The van der Waals surface area contributed by atoms with Crippen LogP contribution in [0.4, 0.5) is 10.5 Å². The number of anilines is 1. The van der Waals surface area contributed by atoms with Crippen LogP contribution in [0.5, 0.6) is 0 Å². The maximum atomic E-state index is 13.2. The molecule has 30 heavy (non-hydrogen) atoms. The molecule has 2 heterocycles. The fourth-order valence-corrected chi connectivity index (χ4v) is 3.50. The lowest BCUT2D eigenvalue weighted by Crippen LogP contribution is -2.47. The van der Waals surface area contributed by atoms with Crippen molar-refractivity contribution in [1.82, 2.24) is 9.88 Å². The number of benzene rings is 1. The minimum Gasteiger partial charge on any atom is -0.477 e. The number of nitrogens with zero attached hydrogens (tertiary/aromatic N) is 2. The molecule has 0 aliphatic carbocycles. The number of carbonyl (C=O) groups excluding carboxylic acids is 2. The van der Waals surface area contributed by atoms with Gasteiger partial charge in [-0.3, -0.25) is 9.69 Å². The van der Waals surface area contributed by atoms with E-state index >= 15 is 0 Å². The molecule has 0 bridgehead atoms. The molecule has 2 atom stereocenters. The summed E-state index contributed by atoms with van der Waals surface area (Å²) in [4.78, 5) is 42.2. The van der Waals surface area contributed by atoms with Gasteiger partial charge in [0.1, 0.15) is 17.3 Å². The van der Waals surface area contributed by atoms with Crippen LogP contribution in [0.1, 0.15) is 49.2 Å². The molecule has 1 fully saturated rings. The summed E-state index contributed by atoms with van der Waals surface area (Å²) in [5.41, 5.74) is 0.516. The van der Waals surface area contributed by atoms with Crippen LogP contribution >= 0.6 is 0 Å². The van der Waals surface area contributed by atoms with Crippen LogP contribution in [-0.2, 0) is 9.53 Å². The van der Waals surface area contributed by atoms with Gasteiger partial charge >= 0.3 is 12.1 Å². The molecule has 1 aliphatic rings. The molecule has 2 aromatic rings. The standard InChI is InChI=1S/C22H25N3O5/c1-22(2,3)30-21(29)25-12-11-16(14-7-5-4-6-8-14)18(25)19(26)24-15-9-10-17(20(27)28)23-13-15/h4-10,13,16,18H,11-12H2,1-3H3,(H,24,26)(H,27,28)/t16?,18-/m0/s1. The summed E-state index contributed by atoms with van der Waals surface area (Å²) in [6.45, 7) is 5.73. The molecule has 1 aliphatic heterocycles. The first-order chi connectivity index (χ1) is 14.2. The highest BCUT2D eigenvalue weighted by atomic mass is 16.6. The van der Waals surface area contributed by atoms with Gasteiger partial charge < -0.3 is 15.2 Å². The zero-order valence-corrected chi connectivity index (χ0v) is 17.2. The lowest BCUT2D eigenvalue weighted by Gasteiger charge is -2.30. The predicted octanol–water partition coefficient (Wildman–Crippen LogP) is 3.51. The third kappa shape index (κ3) is 4.94. The summed E-state index contributed by atoms with van der Waals surface area (Å²) >= 11 is 0. The number of nitrogens with one attached hydrogen (secondary N) is 1. The molecule has 1 aromatic carbocycles. The fraction of sp³-hybridized carbons (Fsp3) is 0.364. The zero-order chi connectivity index (χ0) is 21.9. The van der Waals surface area contributed by atoms with Crippen LogP contribution in [0.3, 0.4) is 0 Å². The number of ether oxygens (including phenoxy) is 1. The van der Waals surface area contributed by atoms with E-state index in [-0.39, 0.29) is 17.5 Å². The van der Waals surface area contributed by atoms with E-state index in [1.54, 1.807) is 20.8 Å². The lowest BCUT2D eigenvalue weighted by molar-refractivity contribution is -0.120. The van der Waals surface area contributed by atoms with E-state index < -0.39 is 23.7 Å². The van der Waals surface area contributed by atoms with Crippen molar-refractivity contribution in [3.8, 4) is 0 Å². The highest BCUT2D eigenvalue weighted by molar-refractivity contribution is 5.98. The summed E-state index contributed by atoms with van der Waals surface area (Å²) in [6, 6.07) is 11.6. The Kier molecular flexibility index (Phi) is 6.05. The molecule has 1 aromatic heterocycles. The molecule has 8 nitrogen and oxygen atoms in total. The first-order valence-corrected chi connectivity index (χ1v) is 9.70. The number of aromatic carboxylic acids is 1. The Morgan fingerprint density at radius 1 is 1.13 bits per heavy atom. The van der Waals surface area contributed by atoms with Crippen molar-refractivity contribution in [3.05, 3.63) is 59.9 Å². The Balaban J connectivity index is 1.85. The summed E-state index contributed by atoms with van der Waals surface area (Å²) in [6.07, 6.45) is 1.36. The number of hydrogen-bond acceptors (Lipinski definition) is 5. The van der Waals surface area contributed by atoms with Gasteiger partial charge in [0.05, 0.1) is 11.9 Å². The zero-order valence-electron chi connectivity index (χ0n) is 17.2. The molecule has 1 saturated heterocycles. The summed E-state index contributed by atoms with van der Waals surface area (Å²) in [5.74, 6) is -1.72. The van der Waals surface area contributed by atoms with Crippen LogP contribution in [-0.4, -0.2) is 51.1 Å². The molecule has 0 saturated carbocycles. The van der Waals surface area contributed by atoms with Crippen molar-refractivity contribution >= 4 is 23.7 Å². The van der Waals surface area contributed by atoms with Gasteiger partial charge in [-0.1, -0.05) is 30.3 Å². The Labute approximate surface area is 174 Å². The predicted molar refractivity (Wildman–Crippen MR) is 110 cm³/mol. The van der Waals surface area contributed by atoms with Crippen molar-refractivity contribution in [2.45, 2.75) is 44.8 Å². The van der Waals surface area contributed by atoms with E-state index in [2.05, 4.69) is 10.3 Å². The maximum absolute atomic E-state index is 13.2. The smallest absolute Gasteiger partial charge is 0.410 e. The molecule has 3 rings (SSSR count). The Morgan fingerprint density at radius 2 is 1.83 bits per heavy atom. The monoisotopic (exact) mass is 411 g/mol. The Hall–Kier alpha value is -3.42. The number of amides is 2. The second-order valence-electron chi connectivity index (χ2n) is 8.15. The topological polar surface area (TPSA) is 109 Å². The normalized spacial score (nSPS) is 18.7. The van der Waals surface area contributed by atoms with Crippen molar-refractivity contribution in [1.29, 1.82) is 0 Å². The van der Waals surface area contributed by atoms with Gasteiger partial charge in [-0.25, -0.2) is 14.6 Å². The third-order valence-electron chi connectivity index (χ3n) is 4.77. The van der Waals surface area contributed by atoms with E-state index in [0.29, 0.717) is 18.7 Å². The number of hydrogen-bond donors (Lipinski definition) is 2. The number of carboxylic acids is 1. The van der Waals surface area contributed by atoms with E-state index in [1.165, 1.54) is 23.2 Å². The highest BCUT2D eigenvalue weighted by Crippen LogP contribution is 2.35. The molecule has 2 amide bonds. The first kappa shape index (κ1) is 21.3. The largest absolute Gasteiger partial charge is 0.477 e. The van der Waals surface area contributed by atoms with Crippen LogP contribution in [0.2, 0.25) is 0 Å². The fourth-order valence-electron chi connectivity index (χ4n) is 3.50. The lowest BCUT2D eigenvalue weighted by atomic mass is 9.91. The van der Waals surface area contributed by atoms with Crippen molar-refractivity contribution < 1.29 is 24.2 Å². The Bertz CT molecular complexity index is 922. The van der Waals surface area contributed by atoms with Crippen molar-refractivity contribution in [2.24, 2.45) is 0 Å². The minimum absolute atomic E-state index is 0.119. The highest BCUT2D eigenvalue weighted by Gasteiger charge is 2.44. The average Bonchev–Trinajstić information content (AvgIpc) is 3.13. The number of likely N-dealkylation sites (tertiary alicyclic amines) is 1. The molecule has 0 spiro atoms. The SMILES string of the molecule is CC(C)(C)OC(=O)N1CCC(c2ccccc2)[C@H]1C(=O)Nc1ccc(C(=O)O)nc1. The molecule has 2 N–H and O–H groups in total. The quantitative estimate of drug-likeness (QED) is 0.797. The van der Waals surface area contributed by atoms with E-state index in [9.17, 15) is 14.4 Å². The van der Waals surface area contributed by atoms with Crippen LogP contribution in [0.15, 0.2) is 48.7 Å². The van der Waals surface area contributed by atoms with Crippen molar-refractivity contribution in [3.63, 3.8) is 0 Å². The molecule has 158 valence electrons. The maximum Gasteiger partial charge on any atom is 0.410 e.